The van der Waals surface area contributed by atoms with Crippen LogP contribution in [0.5, 0.6) is 0 Å². The van der Waals surface area contributed by atoms with Crippen molar-refractivity contribution >= 4 is 23.6 Å². The summed E-state index contributed by atoms with van der Waals surface area (Å²) in [6.45, 7) is 4.48. The highest BCUT2D eigenvalue weighted by Gasteiger charge is 2.56. The molecular formula is C26H34N2O2S. The first-order valence-corrected chi connectivity index (χ1v) is 13.3. The predicted molar refractivity (Wildman–Crippen MR) is 124 cm³/mol. The summed E-state index contributed by atoms with van der Waals surface area (Å²) in [6.07, 6.45) is 9.39. The molecule has 1 aromatic rings. The first-order valence-electron chi connectivity index (χ1n) is 12.3. The third-order valence-corrected chi connectivity index (χ3v) is 10.6. The van der Waals surface area contributed by atoms with Gasteiger partial charge in [0.2, 0.25) is 5.91 Å². The Kier molecular flexibility index (Phi) is 4.72. The molecule has 4 bridgehead atoms. The standard InChI is InChI=1S/C26H34N2O2S/c1-18-3-2-4-22(11-18)23(29)28-9-10-31-26(28)5-7-27(8-6-26)24(30)25-15-19-12-20(16-25)14-21(13-19)17-25/h2-4,11,19-21H,5-10,12-17H2,1H3. The van der Waals surface area contributed by atoms with Crippen molar-refractivity contribution in [3.8, 4) is 0 Å². The monoisotopic (exact) mass is 438 g/mol. The van der Waals surface area contributed by atoms with Crippen molar-refractivity contribution < 1.29 is 9.59 Å². The Hall–Kier alpha value is -1.49. The summed E-state index contributed by atoms with van der Waals surface area (Å²) in [7, 11) is 0. The Bertz CT molecular complexity index is 869. The van der Waals surface area contributed by atoms with Crippen LogP contribution in [0.15, 0.2) is 24.3 Å². The van der Waals surface area contributed by atoms with Gasteiger partial charge in [0.25, 0.3) is 5.91 Å². The minimum Gasteiger partial charge on any atom is -0.342 e. The van der Waals surface area contributed by atoms with E-state index in [0.29, 0.717) is 5.91 Å². The van der Waals surface area contributed by atoms with Crippen molar-refractivity contribution in [1.29, 1.82) is 0 Å². The van der Waals surface area contributed by atoms with Crippen LogP contribution in [0.25, 0.3) is 0 Å². The van der Waals surface area contributed by atoms with Crippen LogP contribution in [0.4, 0.5) is 0 Å². The summed E-state index contributed by atoms with van der Waals surface area (Å²) in [4.78, 5) is 31.3. The van der Waals surface area contributed by atoms with Crippen molar-refractivity contribution in [3.05, 3.63) is 35.4 Å². The van der Waals surface area contributed by atoms with E-state index in [1.54, 1.807) is 0 Å². The zero-order valence-corrected chi connectivity index (χ0v) is 19.5. The lowest BCUT2D eigenvalue weighted by molar-refractivity contribution is -0.159. The lowest BCUT2D eigenvalue weighted by Gasteiger charge is -2.57. The molecule has 0 unspecified atom stereocenters. The molecule has 6 fully saturated rings. The molecule has 5 heteroatoms. The van der Waals surface area contributed by atoms with Crippen LogP contribution in [0.1, 0.15) is 67.3 Å². The highest BCUT2D eigenvalue weighted by Crippen LogP contribution is 2.61. The van der Waals surface area contributed by atoms with Crippen LogP contribution in [0, 0.1) is 30.1 Å². The zero-order chi connectivity index (χ0) is 21.2. The van der Waals surface area contributed by atoms with E-state index in [1.165, 1.54) is 19.3 Å². The fourth-order valence-electron chi connectivity index (χ4n) is 8.01. The summed E-state index contributed by atoms with van der Waals surface area (Å²) >= 11 is 1.94. The number of carbonyl (C=O) groups is 2. The number of nitrogens with zero attached hydrogens (tertiary/aromatic N) is 2. The summed E-state index contributed by atoms with van der Waals surface area (Å²) in [5.74, 6) is 4.04. The van der Waals surface area contributed by atoms with Crippen LogP contribution in [0.3, 0.4) is 0 Å². The van der Waals surface area contributed by atoms with Gasteiger partial charge in [0, 0.05) is 31.0 Å². The molecule has 2 amide bonds. The van der Waals surface area contributed by atoms with Gasteiger partial charge in [0.15, 0.2) is 0 Å². The van der Waals surface area contributed by atoms with Crippen LogP contribution in [-0.4, -0.2) is 51.9 Å². The second-order valence-corrected chi connectivity index (χ2v) is 12.6. The van der Waals surface area contributed by atoms with Gasteiger partial charge >= 0.3 is 0 Å². The molecule has 6 aliphatic rings. The van der Waals surface area contributed by atoms with E-state index in [4.69, 9.17) is 0 Å². The molecule has 4 saturated carbocycles. The Balaban J connectivity index is 1.16. The molecule has 4 nitrogen and oxygen atoms in total. The molecule has 4 aliphatic carbocycles. The van der Waals surface area contributed by atoms with Crippen molar-refractivity contribution in [3.63, 3.8) is 0 Å². The maximum absolute atomic E-state index is 13.8. The summed E-state index contributed by atoms with van der Waals surface area (Å²) in [5.41, 5.74) is 1.88. The highest BCUT2D eigenvalue weighted by molar-refractivity contribution is 8.00. The van der Waals surface area contributed by atoms with Crippen LogP contribution < -0.4 is 0 Å². The van der Waals surface area contributed by atoms with E-state index >= 15 is 0 Å². The van der Waals surface area contributed by atoms with Crippen molar-refractivity contribution in [2.24, 2.45) is 23.2 Å². The van der Waals surface area contributed by atoms with Gasteiger partial charge in [0.05, 0.1) is 10.3 Å². The van der Waals surface area contributed by atoms with E-state index in [1.807, 2.05) is 43.0 Å². The molecule has 31 heavy (non-hydrogen) atoms. The van der Waals surface area contributed by atoms with Crippen molar-refractivity contribution in [2.45, 2.75) is 63.2 Å². The number of rotatable bonds is 2. The van der Waals surface area contributed by atoms with Gasteiger partial charge in [-0.05, 0) is 88.2 Å². The second kappa shape index (κ2) is 7.26. The van der Waals surface area contributed by atoms with Gasteiger partial charge in [-0.2, -0.15) is 0 Å². The molecular weight excluding hydrogens is 404 g/mol. The number of amides is 2. The highest BCUT2D eigenvalue weighted by atomic mass is 32.2. The summed E-state index contributed by atoms with van der Waals surface area (Å²) < 4.78 is 0. The molecule has 7 rings (SSSR count). The molecule has 2 saturated heterocycles. The minimum absolute atomic E-state index is 0.0425. The van der Waals surface area contributed by atoms with Gasteiger partial charge in [-0.15, -0.1) is 11.8 Å². The Morgan fingerprint density at radius 2 is 1.61 bits per heavy atom. The first kappa shape index (κ1) is 20.1. The predicted octanol–water partition coefficient (Wildman–Crippen LogP) is 4.72. The minimum atomic E-state index is -0.126. The maximum Gasteiger partial charge on any atom is 0.255 e. The largest absolute Gasteiger partial charge is 0.342 e. The number of carbonyl (C=O) groups excluding carboxylic acids is 2. The lowest BCUT2D eigenvalue weighted by Crippen LogP contribution is -2.58. The molecule has 0 radical (unpaired) electrons. The number of hydrogen-bond acceptors (Lipinski definition) is 3. The number of benzene rings is 1. The van der Waals surface area contributed by atoms with E-state index in [0.717, 1.165) is 86.4 Å². The van der Waals surface area contributed by atoms with Crippen molar-refractivity contribution in [1.82, 2.24) is 9.80 Å². The van der Waals surface area contributed by atoms with Gasteiger partial charge in [-0.1, -0.05) is 17.7 Å². The van der Waals surface area contributed by atoms with Crippen molar-refractivity contribution in [2.75, 3.05) is 25.4 Å². The molecule has 2 aliphatic heterocycles. The quantitative estimate of drug-likeness (QED) is 0.671. The molecule has 1 spiro atoms. The average molecular weight is 439 g/mol. The Morgan fingerprint density at radius 3 is 2.23 bits per heavy atom. The zero-order valence-electron chi connectivity index (χ0n) is 18.6. The van der Waals surface area contributed by atoms with Gasteiger partial charge < -0.3 is 9.80 Å². The summed E-state index contributed by atoms with van der Waals surface area (Å²) in [6, 6.07) is 7.97. The molecule has 0 atom stereocenters. The maximum atomic E-state index is 13.8. The molecule has 0 N–H and O–H groups in total. The van der Waals surface area contributed by atoms with Crippen LogP contribution in [-0.2, 0) is 4.79 Å². The molecule has 1 aromatic carbocycles. The van der Waals surface area contributed by atoms with Crippen LogP contribution in [0.2, 0.25) is 0 Å². The third-order valence-electron chi connectivity index (χ3n) is 9.01. The normalized spacial score (nSPS) is 35.7. The van der Waals surface area contributed by atoms with E-state index < -0.39 is 0 Å². The number of likely N-dealkylation sites (tertiary alicyclic amines) is 1. The third kappa shape index (κ3) is 3.25. The van der Waals surface area contributed by atoms with E-state index in [9.17, 15) is 9.59 Å². The molecule has 166 valence electrons. The average Bonchev–Trinajstić information content (AvgIpc) is 3.15. The Labute approximate surface area is 190 Å². The smallest absolute Gasteiger partial charge is 0.255 e. The second-order valence-electron chi connectivity index (χ2n) is 11.1. The fraction of sp³-hybridized carbons (Fsp3) is 0.692. The van der Waals surface area contributed by atoms with Gasteiger partial charge in [-0.25, -0.2) is 0 Å². The number of thioether (sulfide) groups is 1. The Morgan fingerprint density at radius 1 is 0.968 bits per heavy atom. The first-order chi connectivity index (χ1) is 15.0. The van der Waals surface area contributed by atoms with Crippen LogP contribution >= 0.6 is 11.8 Å². The fourth-order valence-corrected chi connectivity index (χ4v) is 9.47. The summed E-state index contributed by atoms with van der Waals surface area (Å²) in [5, 5.41) is 0. The number of aryl methyl sites for hydroxylation is 1. The lowest BCUT2D eigenvalue weighted by atomic mass is 9.49. The topological polar surface area (TPSA) is 40.6 Å². The van der Waals surface area contributed by atoms with E-state index in [2.05, 4.69) is 9.80 Å². The SMILES string of the molecule is Cc1cccc(C(=O)N2CCSC23CCN(C(=O)C24CC5CC(CC(C5)C2)C4)CC3)c1. The van der Waals surface area contributed by atoms with Gasteiger partial charge in [0.1, 0.15) is 0 Å². The number of hydrogen-bond donors (Lipinski definition) is 0. The molecule has 2 heterocycles. The van der Waals surface area contributed by atoms with E-state index in [-0.39, 0.29) is 16.2 Å². The van der Waals surface area contributed by atoms with Gasteiger partial charge in [-0.3, -0.25) is 9.59 Å². The molecule has 0 aromatic heterocycles. The number of piperidine rings is 1.